The van der Waals surface area contributed by atoms with Crippen molar-refractivity contribution in [2.75, 3.05) is 38.8 Å². The molecule has 0 saturated carbocycles. The Hall–Kier alpha value is -3.62. The summed E-state index contributed by atoms with van der Waals surface area (Å²) in [5.41, 5.74) is 0.206. The number of hydrogen-bond acceptors (Lipinski definition) is 11. The van der Waals surface area contributed by atoms with Crippen LogP contribution in [0.4, 0.5) is 10.3 Å². The van der Waals surface area contributed by atoms with Gasteiger partial charge >= 0.3 is 0 Å². The van der Waals surface area contributed by atoms with Crippen molar-refractivity contribution >= 4 is 44.8 Å². The number of hydrogen-bond donors (Lipinski definition) is 3. The zero-order valence-electron chi connectivity index (χ0n) is 24.9. The van der Waals surface area contributed by atoms with E-state index >= 15 is 0 Å². The van der Waals surface area contributed by atoms with Crippen molar-refractivity contribution in [1.82, 2.24) is 30.2 Å². The van der Waals surface area contributed by atoms with Crippen LogP contribution in [0, 0.1) is 0 Å². The van der Waals surface area contributed by atoms with Crippen LogP contribution in [-0.4, -0.2) is 87.1 Å². The molecule has 13 heteroatoms. The van der Waals surface area contributed by atoms with E-state index in [1.165, 1.54) is 27.6 Å². The van der Waals surface area contributed by atoms with Gasteiger partial charge in [0.15, 0.2) is 0 Å². The van der Waals surface area contributed by atoms with Gasteiger partial charge in [0.25, 0.3) is 5.91 Å². The molecule has 2 amide bonds. The fourth-order valence-corrected chi connectivity index (χ4v) is 5.98. The number of aromatic nitrogens is 4. The first-order valence-electron chi connectivity index (χ1n) is 14.0. The molecular weight excluding hydrogens is 585 g/mol. The van der Waals surface area contributed by atoms with E-state index in [9.17, 15) is 14.7 Å². The molecule has 4 rings (SSSR count). The van der Waals surface area contributed by atoms with E-state index in [2.05, 4.69) is 31.0 Å². The second kappa shape index (κ2) is 15.2. The van der Waals surface area contributed by atoms with Crippen LogP contribution >= 0.6 is 22.7 Å². The van der Waals surface area contributed by atoms with Gasteiger partial charge in [0.1, 0.15) is 10.0 Å². The Balaban J connectivity index is 1.22. The van der Waals surface area contributed by atoms with Gasteiger partial charge in [0.05, 0.1) is 6.04 Å². The normalized spacial score (nSPS) is 13.6. The van der Waals surface area contributed by atoms with E-state index in [-0.39, 0.29) is 18.4 Å². The number of carbonyl (C=O) groups excluding carboxylic acids is 2. The number of aryl methyl sites for hydroxylation is 2. The lowest BCUT2D eigenvalue weighted by molar-refractivity contribution is -0.151. The molecule has 0 aliphatic heterocycles. The minimum atomic E-state index is -1.73. The molecule has 0 bridgehead atoms. The van der Waals surface area contributed by atoms with E-state index < -0.39 is 11.6 Å². The molecule has 0 aliphatic carbocycles. The zero-order valence-corrected chi connectivity index (χ0v) is 26.5. The van der Waals surface area contributed by atoms with Gasteiger partial charge in [-0.1, -0.05) is 83.3 Å². The highest BCUT2D eigenvalue weighted by atomic mass is 32.1. The molecule has 11 nitrogen and oxygen atoms in total. The molecule has 0 spiro atoms. The Morgan fingerprint density at radius 1 is 0.791 bits per heavy atom. The maximum absolute atomic E-state index is 13.0. The van der Waals surface area contributed by atoms with E-state index in [0.717, 1.165) is 40.4 Å². The van der Waals surface area contributed by atoms with Crippen molar-refractivity contribution < 1.29 is 14.7 Å². The number of aliphatic hydroxyl groups is 1. The summed E-state index contributed by atoms with van der Waals surface area (Å²) < 4.78 is 0. The molecular formula is C30H38N8O3S2. The van der Waals surface area contributed by atoms with Gasteiger partial charge in [0.2, 0.25) is 21.9 Å². The van der Waals surface area contributed by atoms with Gasteiger partial charge in [-0.3, -0.25) is 30.0 Å². The first kappa shape index (κ1) is 32.3. The highest BCUT2D eigenvalue weighted by Gasteiger charge is 2.39. The van der Waals surface area contributed by atoms with E-state index in [1.807, 2.05) is 79.7 Å². The molecule has 228 valence electrons. The Morgan fingerprint density at radius 2 is 1.30 bits per heavy atom. The topological polar surface area (TPSA) is 136 Å². The Kier molecular flexibility index (Phi) is 11.4. The lowest BCUT2D eigenvalue weighted by Crippen LogP contribution is -2.55. The number of rotatable bonds is 15. The van der Waals surface area contributed by atoms with Crippen LogP contribution < -0.4 is 10.6 Å². The van der Waals surface area contributed by atoms with Gasteiger partial charge in [-0.25, -0.2) is 0 Å². The summed E-state index contributed by atoms with van der Waals surface area (Å²) >= 11 is 2.68. The number of carbonyl (C=O) groups is 2. The average molecular weight is 623 g/mol. The lowest BCUT2D eigenvalue weighted by Gasteiger charge is -2.32. The molecule has 0 saturated heterocycles. The van der Waals surface area contributed by atoms with Crippen LogP contribution in [0.25, 0.3) is 0 Å². The fraction of sp³-hybridized carbons (Fsp3) is 0.400. The van der Waals surface area contributed by atoms with Crippen molar-refractivity contribution in [3.05, 3.63) is 81.8 Å². The van der Waals surface area contributed by atoms with Crippen LogP contribution in [0.15, 0.2) is 60.7 Å². The maximum Gasteiger partial charge on any atom is 0.274 e. The highest BCUT2D eigenvalue weighted by Crippen LogP contribution is 2.23. The first-order chi connectivity index (χ1) is 20.6. The number of benzene rings is 2. The van der Waals surface area contributed by atoms with E-state index in [4.69, 9.17) is 0 Å². The average Bonchev–Trinajstić information content (AvgIpc) is 3.63. The van der Waals surface area contributed by atoms with Crippen molar-refractivity contribution in [2.45, 2.75) is 50.3 Å². The number of unbranched alkanes of at least 4 members (excludes halogenated alkanes) is 1. The van der Waals surface area contributed by atoms with Gasteiger partial charge in [-0.15, -0.1) is 20.4 Å². The number of amides is 2. The predicted molar refractivity (Wildman–Crippen MR) is 170 cm³/mol. The molecule has 43 heavy (non-hydrogen) atoms. The van der Waals surface area contributed by atoms with Gasteiger partial charge < -0.3 is 5.11 Å². The third-order valence-electron chi connectivity index (χ3n) is 7.01. The smallest absolute Gasteiger partial charge is 0.274 e. The first-order valence-corrected chi connectivity index (χ1v) is 15.7. The van der Waals surface area contributed by atoms with Crippen molar-refractivity contribution in [3.8, 4) is 0 Å². The van der Waals surface area contributed by atoms with Gasteiger partial charge in [-0.05, 0) is 58.6 Å². The summed E-state index contributed by atoms with van der Waals surface area (Å²) in [7, 11) is 7.11. The third-order valence-corrected chi connectivity index (χ3v) is 8.81. The predicted octanol–water partition coefficient (Wildman–Crippen LogP) is 3.50. The third kappa shape index (κ3) is 9.18. The van der Waals surface area contributed by atoms with Crippen LogP contribution in [0.3, 0.4) is 0 Å². The molecule has 2 atom stereocenters. The van der Waals surface area contributed by atoms with Crippen LogP contribution in [0.2, 0.25) is 0 Å². The van der Waals surface area contributed by atoms with E-state index in [0.29, 0.717) is 23.1 Å². The summed E-state index contributed by atoms with van der Waals surface area (Å²) in [5, 5.41) is 36.0. The molecule has 3 N–H and O–H groups in total. The van der Waals surface area contributed by atoms with Crippen molar-refractivity contribution in [3.63, 3.8) is 0 Å². The molecule has 1 unspecified atom stereocenters. The highest BCUT2D eigenvalue weighted by molar-refractivity contribution is 7.15. The zero-order chi connectivity index (χ0) is 30.8. The summed E-state index contributed by atoms with van der Waals surface area (Å²) in [6, 6.07) is 19.0. The monoisotopic (exact) mass is 622 g/mol. The van der Waals surface area contributed by atoms with Crippen LogP contribution in [0.1, 0.15) is 34.0 Å². The molecule has 2 aromatic heterocycles. The number of nitrogens with zero attached hydrogens (tertiary/aromatic N) is 6. The Labute approximate surface area is 260 Å². The van der Waals surface area contributed by atoms with Crippen molar-refractivity contribution in [2.24, 2.45) is 0 Å². The summed E-state index contributed by atoms with van der Waals surface area (Å²) in [5.74, 6) is -0.667. The second-order valence-corrected chi connectivity index (χ2v) is 12.8. The van der Waals surface area contributed by atoms with E-state index in [1.54, 1.807) is 14.1 Å². The SMILES string of the molecule is CN(C)C(Cc1ccccc1)C(=O)Nc1nnc(CCCCc2nnc(NC(=O)[C@](O)(Cc3ccccc3)N(C)C)s2)s1. The van der Waals surface area contributed by atoms with Crippen molar-refractivity contribution in [1.29, 1.82) is 0 Å². The van der Waals surface area contributed by atoms with Gasteiger partial charge in [-0.2, -0.15) is 0 Å². The number of anilines is 2. The molecule has 2 aromatic carbocycles. The maximum atomic E-state index is 13.0. The van der Waals surface area contributed by atoms with Crippen LogP contribution in [-0.2, 0) is 35.3 Å². The molecule has 4 aromatic rings. The fourth-order valence-electron chi connectivity index (χ4n) is 4.42. The lowest BCUT2D eigenvalue weighted by atomic mass is 10.0. The minimum absolute atomic E-state index is 0.111. The standard InChI is InChI=1S/C30H38N8O3S2/c1-37(2)23(19-21-13-7-5-8-14-21)26(39)31-28-35-33-24(42-28)17-11-12-18-25-34-36-29(43-25)32-27(40)30(41,38(3)4)20-22-15-9-6-10-16-22/h5-10,13-16,23,41H,11-12,17-20H2,1-4H3,(H,31,35,39)(H,32,36,40)/t23?,30-/m1/s1. The Morgan fingerprint density at radius 3 is 1.81 bits per heavy atom. The molecule has 0 aliphatic rings. The largest absolute Gasteiger partial charge is 0.367 e. The Bertz CT molecular complexity index is 1460. The van der Waals surface area contributed by atoms with Crippen LogP contribution in [0.5, 0.6) is 0 Å². The summed E-state index contributed by atoms with van der Waals surface area (Å²) in [6.45, 7) is 0. The second-order valence-electron chi connectivity index (χ2n) is 10.7. The molecule has 2 heterocycles. The summed E-state index contributed by atoms with van der Waals surface area (Å²) in [4.78, 5) is 29.4. The molecule has 0 radical (unpaired) electrons. The number of likely N-dealkylation sites (N-methyl/N-ethyl adjacent to an activating group) is 2. The van der Waals surface area contributed by atoms with Gasteiger partial charge in [0, 0.05) is 19.3 Å². The summed E-state index contributed by atoms with van der Waals surface area (Å²) in [6.07, 6.45) is 3.87. The minimum Gasteiger partial charge on any atom is -0.367 e. The number of nitrogens with one attached hydrogen (secondary N) is 2. The molecule has 0 fully saturated rings. The quantitative estimate of drug-likeness (QED) is 0.134.